The summed E-state index contributed by atoms with van der Waals surface area (Å²) in [5.41, 5.74) is 2.81. The number of rotatable bonds is 7. The minimum Gasteiger partial charge on any atom is -0.368 e. The van der Waals surface area contributed by atoms with Crippen LogP contribution in [0.2, 0.25) is 0 Å². The van der Waals surface area contributed by atoms with Crippen LogP contribution in [0, 0.1) is 0 Å². The lowest BCUT2D eigenvalue weighted by atomic mass is 9.69. The van der Waals surface area contributed by atoms with Crippen molar-refractivity contribution in [3.8, 4) is 0 Å². The quantitative estimate of drug-likeness (QED) is 0.311. The van der Waals surface area contributed by atoms with Gasteiger partial charge in [0.1, 0.15) is 11.6 Å². The SMILES string of the molecule is C[C@@H]1CCCCN1c1cc(N2CCN(c3ccccc3)CC2)nc(NC(=S)NCC2(c3ccccc3)CCCCC2)n1. The molecule has 2 aromatic carbocycles. The Labute approximate surface area is 256 Å². The van der Waals surface area contributed by atoms with Crippen molar-refractivity contribution in [1.29, 1.82) is 0 Å². The maximum absolute atomic E-state index is 5.86. The molecule has 0 unspecified atom stereocenters. The van der Waals surface area contributed by atoms with Crippen LogP contribution < -0.4 is 25.3 Å². The van der Waals surface area contributed by atoms with Crippen molar-refractivity contribution in [1.82, 2.24) is 15.3 Å². The van der Waals surface area contributed by atoms with Gasteiger partial charge in [0, 0.05) is 62.5 Å². The highest BCUT2D eigenvalue weighted by Crippen LogP contribution is 2.39. The second kappa shape index (κ2) is 13.3. The number of hydrogen-bond donors (Lipinski definition) is 2. The first kappa shape index (κ1) is 28.7. The summed E-state index contributed by atoms with van der Waals surface area (Å²) in [6.45, 7) is 7.93. The van der Waals surface area contributed by atoms with Gasteiger partial charge in [0.25, 0.3) is 0 Å². The summed E-state index contributed by atoms with van der Waals surface area (Å²) in [6, 6.07) is 24.3. The zero-order valence-corrected chi connectivity index (χ0v) is 25.8. The lowest BCUT2D eigenvalue weighted by Gasteiger charge is -2.39. The lowest BCUT2D eigenvalue weighted by Crippen LogP contribution is -2.47. The van der Waals surface area contributed by atoms with Crippen LogP contribution in [0.1, 0.15) is 63.9 Å². The molecule has 3 fully saturated rings. The van der Waals surface area contributed by atoms with Crippen LogP contribution in [-0.4, -0.2) is 60.4 Å². The molecule has 2 N–H and O–H groups in total. The Morgan fingerprint density at radius 2 is 1.48 bits per heavy atom. The minimum absolute atomic E-state index is 0.112. The average Bonchev–Trinajstić information content (AvgIpc) is 3.05. The molecular formula is C34H45N7S. The summed E-state index contributed by atoms with van der Waals surface area (Å²) < 4.78 is 0. The predicted octanol–water partition coefficient (Wildman–Crippen LogP) is 6.37. The van der Waals surface area contributed by atoms with E-state index >= 15 is 0 Å². The van der Waals surface area contributed by atoms with E-state index in [4.69, 9.17) is 22.2 Å². The highest BCUT2D eigenvalue weighted by molar-refractivity contribution is 7.80. The molecular weight excluding hydrogens is 538 g/mol. The van der Waals surface area contributed by atoms with Crippen LogP contribution >= 0.6 is 12.2 Å². The maximum Gasteiger partial charge on any atom is 0.232 e. The summed E-state index contributed by atoms with van der Waals surface area (Å²) in [5, 5.41) is 7.57. The van der Waals surface area contributed by atoms with E-state index in [0.717, 1.165) is 50.9 Å². The topological polar surface area (TPSA) is 59.6 Å². The summed E-state index contributed by atoms with van der Waals surface area (Å²) in [7, 11) is 0. The monoisotopic (exact) mass is 583 g/mol. The van der Waals surface area contributed by atoms with Crippen molar-refractivity contribution in [3.63, 3.8) is 0 Å². The second-order valence-electron chi connectivity index (χ2n) is 12.3. The molecule has 8 heteroatoms. The predicted molar refractivity (Wildman–Crippen MR) is 179 cm³/mol. The third kappa shape index (κ3) is 6.64. The van der Waals surface area contributed by atoms with Gasteiger partial charge in [-0.15, -0.1) is 0 Å². The van der Waals surface area contributed by atoms with Crippen LogP contribution in [0.3, 0.4) is 0 Å². The fourth-order valence-electron chi connectivity index (χ4n) is 7.04. The van der Waals surface area contributed by atoms with Gasteiger partial charge in [-0.1, -0.05) is 67.8 Å². The number of benzene rings is 2. The van der Waals surface area contributed by atoms with E-state index in [0.29, 0.717) is 17.1 Å². The second-order valence-corrected chi connectivity index (χ2v) is 12.7. The number of piperidine rings is 1. The Morgan fingerprint density at radius 1 is 0.810 bits per heavy atom. The summed E-state index contributed by atoms with van der Waals surface area (Å²) in [5.74, 6) is 2.56. The van der Waals surface area contributed by atoms with Crippen molar-refractivity contribution in [2.75, 3.05) is 59.3 Å². The smallest absolute Gasteiger partial charge is 0.232 e. The molecule has 0 bridgehead atoms. The Morgan fingerprint density at radius 3 is 2.19 bits per heavy atom. The Hall–Kier alpha value is -3.39. The minimum atomic E-state index is 0.112. The van der Waals surface area contributed by atoms with Gasteiger partial charge in [-0.25, -0.2) is 0 Å². The van der Waals surface area contributed by atoms with E-state index in [2.05, 4.69) is 99.0 Å². The Kier molecular flexibility index (Phi) is 9.08. The zero-order chi connectivity index (χ0) is 28.8. The summed E-state index contributed by atoms with van der Waals surface area (Å²) >= 11 is 5.86. The van der Waals surface area contributed by atoms with E-state index in [1.807, 2.05) is 0 Å². The van der Waals surface area contributed by atoms with Crippen molar-refractivity contribution >= 4 is 40.6 Å². The number of anilines is 4. The van der Waals surface area contributed by atoms with Crippen LogP contribution in [0.5, 0.6) is 0 Å². The number of nitrogens with zero attached hydrogens (tertiary/aromatic N) is 5. The Bertz CT molecular complexity index is 1300. The highest BCUT2D eigenvalue weighted by Gasteiger charge is 2.34. The number of aromatic nitrogens is 2. The van der Waals surface area contributed by atoms with Gasteiger partial charge in [0.05, 0.1) is 0 Å². The molecule has 1 aliphatic carbocycles. The molecule has 3 heterocycles. The van der Waals surface area contributed by atoms with Crippen molar-refractivity contribution < 1.29 is 0 Å². The molecule has 1 atom stereocenters. The molecule has 0 amide bonds. The van der Waals surface area contributed by atoms with E-state index in [1.165, 1.54) is 62.6 Å². The standard InChI is InChI=1S/C34H45N7S/c1-27-13-9-12-20-41(27)31-25-30(40-23-21-39(22-24-40)29-16-7-3-8-17-29)36-32(37-31)38-33(42)35-26-34(18-10-4-11-19-34)28-14-5-2-6-15-28/h2-3,5-8,14-17,25,27H,4,9-13,18-24,26H2,1H3,(H2,35,36,37,38,42)/t27-/m1/s1. The average molecular weight is 584 g/mol. The molecule has 1 aromatic heterocycles. The van der Waals surface area contributed by atoms with Gasteiger partial charge in [-0.2, -0.15) is 9.97 Å². The molecule has 0 spiro atoms. The molecule has 0 radical (unpaired) electrons. The van der Waals surface area contributed by atoms with Gasteiger partial charge >= 0.3 is 0 Å². The zero-order valence-electron chi connectivity index (χ0n) is 25.0. The van der Waals surface area contributed by atoms with Gasteiger partial charge in [0.15, 0.2) is 5.11 Å². The Balaban J connectivity index is 1.18. The number of nitrogens with one attached hydrogen (secondary N) is 2. The summed E-state index contributed by atoms with van der Waals surface area (Å²) in [6.07, 6.45) is 9.88. The van der Waals surface area contributed by atoms with Gasteiger partial charge < -0.3 is 25.3 Å². The van der Waals surface area contributed by atoms with Crippen LogP contribution in [0.25, 0.3) is 0 Å². The lowest BCUT2D eigenvalue weighted by molar-refractivity contribution is 0.292. The first-order chi connectivity index (χ1) is 20.6. The van der Waals surface area contributed by atoms with E-state index < -0.39 is 0 Å². The molecule has 7 nitrogen and oxygen atoms in total. The van der Waals surface area contributed by atoms with E-state index in [9.17, 15) is 0 Å². The third-order valence-electron chi connectivity index (χ3n) is 9.53. The first-order valence-corrected chi connectivity index (χ1v) is 16.3. The maximum atomic E-state index is 5.86. The van der Waals surface area contributed by atoms with Crippen molar-refractivity contribution in [2.24, 2.45) is 0 Å². The van der Waals surface area contributed by atoms with Gasteiger partial charge in [-0.3, -0.25) is 0 Å². The molecule has 3 aliphatic rings. The van der Waals surface area contributed by atoms with Crippen molar-refractivity contribution in [3.05, 3.63) is 72.3 Å². The van der Waals surface area contributed by atoms with Gasteiger partial charge in [0.2, 0.25) is 5.95 Å². The molecule has 2 saturated heterocycles. The van der Waals surface area contributed by atoms with Crippen LogP contribution in [-0.2, 0) is 5.41 Å². The fraction of sp³-hybridized carbons (Fsp3) is 0.500. The molecule has 3 aromatic rings. The molecule has 2 aliphatic heterocycles. The first-order valence-electron chi connectivity index (χ1n) is 15.9. The van der Waals surface area contributed by atoms with E-state index in [1.54, 1.807) is 0 Å². The third-order valence-corrected chi connectivity index (χ3v) is 9.78. The largest absolute Gasteiger partial charge is 0.368 e. The normalized spacial score (nSPS) is 20.7. The molecule has 42 heavy (non-hydrogen) atoms. The van der Waals surface area contributed by atoms with E-state index in [-0.39, 0.29) is 5.41 Å². The fourth-order valence-corrected chi connectivity index (χ4v) is 7.20. The van der Waals surface area contributed by atoms with Crippen LogP contribution in [0.4, 0.5) is 23.3 Å². The van der Waals surface area contributed by atoms with Crippen LogP contribution in [0.15, 0.2) is 66.7 Å². The molecule has 6 rings (SSSR count). The number of piperazine rings is 1. The number of thiocarbonyl (C=S) groups is 1. The highest BCUT2D eigenvalue weighted by atomic mass is 32.1. The molecule has 1 saturated carbocycles. The van der Waals surface area contributed by atoms with Crippen molar-refractivity contribution in [2.45, 2.75) is 69.7 Å². The number of para-hydroxylation sites is 1. The van der Waals surface area contributed by atoms with Gasteiger partial charge in [-0.05, 0) is 68.9 Å². The molecule has 222 valence electrons. The summed E-state index contributed by atoms with van der Waals surface area (Å²) in [4.78, 5) is 17.3. The number of hydrogen-bond acceptors (Lipinski definition) is 6.